The Morgan fingerprint density at radius 1 is 0.315 bits per heavy atom. The van der Waals surface area contributed by atoms with Gasteiger partial charge < -0.3 is 17.7 Å². The molecule has 0 atom stereocenters. The van der Waals surface area contributed by atoms with Gasteiger partial charge in [0.15, 0.2) is 24.8 Å². The van der Waals surface area contributed by atoms with Crippen molar-refractivity contribution in [3.8, 4) is 45.0 Å². The van der Waals surface area contributed by atoms with E-state index in [1.54, 1.807) is 0 Å². The molecule has 0 N–H and O–H groups in total. The third kappa shape index (κ3) is 12.7. The molecule has 544 valence electrons. The van der Waals surface area contributed by atoms with Gasteiger partial charge in [-0.05, 0) is 202 Å². The highest BCUT2D eigenvalue weighted by atomic mass is 16.3. The van der Waals surface area contributed by atoms with Gasteiger partial charge in [0.2, 0.25) is 22.8 Å². The molecule has 20 aromatic rings. The van der Waals surface area contributed by atoms with E-state index in [0.29, 0.717) is 11.8 Å². The number of hydrogen-bond acceptors (Lipinski definition) is 4. The third-order valence-corrected chi connectivity index (χ3v) is 23.7. The van der Waals surface area contributed by atoms with Gasteiger partial charge in [0.25, 0.3) is 0 Å². The molecule has 8 aromatic heterocycles. The summed E-state index contributed by atoms with van der Waals surface area (Å²) in [6, 6.07) is 87.2. The molecule has 21 rings (SSSR count). The number of fused-ring (bicyclic) bond motifs is 16. The van der Waals surface area contributed by atoms with E-state index in [1.165, 1.54) is 201 Å². The molecule has 0 aliphatic heterocycles. The third-order valence-electron chi connectivity index (χ3n) is 23.7. The van der Waals surface area contributed by atoms with Gasteiger partial charge in [-0.1, -0.05) is 179 Å². The highest BCUT2D eigenvalue weighted by molar-refractivity contribution is 6.17. The van der Waals surface area contributed by atoms with Crippen molar-refractivity contribution < 1.29 is 35.9 Å². The van der Waals surface area contributed by atoms with Gasteiger partial charge in [0, 0.05) is 91.6 Å². The van der Waals surface area contributed by atoms with E-state index < -0.39 is 0 Å². The fourth-order valence-electron chi connectivity index (χ4n) is 17.3. The van der Waals surface area contributed by atoms with Crippen LogP contribution >= 0.6 is 0 Å². The molecule has 0 spiro atoms. The van der Waals surface area contributed by atoms with Crippen molar-refractivity contribution in [1.29, 1.82) is 0 Å². The highest BCUT2D eigenvalue weighted by Crippen LogP contribution is 2.45. The van der Waals surface area contributed by atoms with E-state index in [9.17, 15) is 0 Å². The highest BCUT2D eigenvalue weighted by Gasteiger charge is 2.28. The first-order valence-electron chi connectivity index (χ1n) is 39.3. The average molecular weight is 1450 g/mol. The maximum Gasteiger partial charge on any atom is 0.216 e. The van der Waals surface area contributed by atoms with Crippen LogP contribution in [0.3, 0.4) is 0 Å². The second kappa shape index (κ2) is 28.5. The molecule has 111 heavy (non-hydrogen) atoms. The smallest absolute Gasteiger partial charge is 0.216 e. The van der Waals surface area contributed by atoms with E-state index in [0.717, 1.165) is 51.1 Å². The molecular formula is C103H92N4O4+4. The van der Waals surface area contributed by atoms with Gasteiger partial charge in [0.1, 0.15) is 72.9 Å². The molecule has 8 nitrogen and oxygen atoms in total. The first-order valence-corrected chi connectivity index (χ1v) is 39.3. The first-order chi connectivity index (χ1) is 54.0. The van der Waals surface area contributed by atoms with Crippen molar-refractivity contribution in [3.63, 3.8) is 0 Å². The van der Waals surface area contributed by atoms with Gasteiger partial charge in [-0.3, -0.25) is 0 Å². The van der Waals surface area contributed by atoms with Gasteiger partial charge in [-0.2, -0.15) is 0 Å². The van der Waals surface area contributed by atoms with E-state index in [4.69, 9.17) is 17.7 Å². The Morgan fingerprint density at radius 2 is 0.622 bits per heavy atom. The summed E-state index contributed by atoms with van der Waals surface area (Å²) in [5.41, 5.74) is 27.6. The van der Waals surface area contributed by atoms with Gasteiger partial charge in [-0.25, -0.2) is 18.3 Å². The van der Waals surface area contributed by atoms with Crippen molar-refractivity contribution in [3.05, 3.63) is 312 Å². The monoisotopic (exact) mass is 1450 g/mol. The molecule has 0 saturated heterocycles. The van der Waals surface area contributed by atoms with Gasteiger partial charge in [-0.15, -0.1) is 0 Å². The van der Waals surface area contributed by atoms with Crippen LogP contribution in [0.15, 0.2) is 285 Å². The van der Waals surface area contributed by atoms with Crippen molar-refractivity contribution in [1.82, 2.24) is 0 Å². The quantitative estimate of drug-likeness (QED) is 0.149. The fourth-order valence-corrected chi connectivity index (χ4v) is 17.3. The second-order valence-electron chi connectivity index (χ2n) is 31.4. The van der Waals surface area contributed by atoms with E-state index in [-0.39, 0.29) is 0 Å². The minimum Gasteiger partial charge on any atom is -0.455 e. The van der Waals surface area contributed by atoms with Gasteiger partial charge >= 0.3 is 0 Å². The molecule has 1 fully saturated rings. The molecule has 1 aliphatic rings. The predicted molar refractivity (Wildman–Crippen MR) is 460 cm³/mol. The molecule has 8 heteroatoms. The summed E-state index contributed by atoms with van der Waals surface area (Å²) < 4.78 is 34.6. The van der Waals surface area contributed by atoms with Crippen molar-refractivity contribution in [2.45, 2.75) is 99.3 Å². The minimum absolute atomic E-state index is 0.487. The Kier molecular flexibility index (Phi) is 18.0. The number of rotatable bonds is 7. The molecular weight excluding hydrogens is 1360 g/mol. The molecule has 12 aromatic carbocycles. The summed E-state index contributed by atoms with van der Waals surface area (Å²) in [7, 11) is 8.44. The van der Waals surface area contributed by atoms with Crippen LogP contribution in [0.4, 0.5) is 0 Å². The van der Waals surface area contributed by atoms with Gasteiger partial charge in [0.05, 0.1) is 22.3 Å². The summed E-state index contributed by atoms with van der Waals surface area (Å²) in [4.78, 5) is 0. The minimum atomic E-state index is 0.487. The standard InChI is InChI=1S/C28H26NO.C26H24NO.C25H22NO.C24H20NO/c1-18-11-12-23-24-15-20-9-5-6-10-21(20)17-26(24)30-28(23)27(18)25-16-22(13-14-29(25)2)19-7-3-4-8-19;1-16(2)18-11-12-27(4)23(14-18)25-17(3)9-10-21-22-13-19-7-5-6-8-20(19)15-24(22)28-26(21)25;1-4-17-11-12-26(3)22(13-17)24-16(2)9-10-20-21-14-18-7-5-6-8-19(18)15-23(21)27-25(20)24;1-15-10-11-25(3)21(12-15)23-16(2)8-9-19-20-13-17-6-4-5-7-18(17)14-22(20)26-24(19)23/h5-6,9-17,19H,3-4,7-8H2,1-2H3;5-16H,1-4H3;5-15H,4H2,1-3H3;4-14H,1-3H3/q4*+1. The molecule has 1 saturated carbocycles. The number of hydrogen-bond donors (Lipinski definition) is 0. The summed E-state index contributed by atoms with van der Waals surface area (Å²) in [6.45, 7) is 17.5. The Hall–Kier alpha value is -12.5. The van der Waals surface area contributed by atoms with Crippen LogP contribution in [0.1, 0.15) is 103 Å². The molecule has 0 amide bonds. The lowest BCUT2D eigenvalue weighted by molar-refractivity contribution is -0.660. The topological polar surface area (TPSA) is 68.1 Å². The number of benzene rings is 12. The van der Waals surface area contributed by atoms with E-state index >= 15 is 0 Å². The molecule has 0 unspecified atom stereocenters. The molecule has 0 bridgehead atoms. The molecule has 0 radical (unpaired) electrons. The summed E-state index contributed by atoms with van der Waals surface area (Å²) in [5, 5.41) is 19.3. The Bertz CT molecular complexity index is 7110. The zero-order chi connectivity index (χ0) is 76.0. The summed E-state index contributed by atoms with van der Waals surface area (Å²) in [6.07, 6.45) is 15.0. The van der Waals surface area contributed by atoms with E-state index in [1.807, 2.05) is 0 Å². The first kappa shape index (κ1) is 70.2. The molecule has 1 aliphatic carbocycles. The van der Waals surface area contributed by atoms with Crippen molar-refractivity contribution >= 4 is 131 Å². The number of aromatic nitrogens is 4. The number of pyridine rings is 4. The fraction of sp³-hybridized carbons (Fsp3) is 0.184. The zero-order valence-corrected chi connectivity index (χ0v) is 65.5. The predicted octanol–water partition coefficient (Wildman–Crippen LogP) is 25.8. The maximum atomic E-state index is 6.53. The average Bonchev–Trinajstić information content (AvgIpc) is 1.62. The van der Waals surface area contributed by atoms with E-state index in [2.05, 4.69) is 369 Å². The molecule has 8 heterocycles. The lowest BCUT2D eigenvalue weighted by Crippen LogP contribution is -2.31. The summed E-state index contributed by atoms with van der Waals surface area (Å²) >= 11 is 0. The Balaban J connectivity index is 0.000000104. The van der Waals surface area contributed by atoms with Crippen LogP contribution in [-0.2, 0) is 34.6 Å². The zero-order valence-electron chi connectivity index (χ0n) is 65.5. The number of furan rings is 4. The van der Waals surface area contributed by atoms with Crippen LogP contribution in [-0.4, -0.2) is 0 Å². The second-order valence-corrected chi connectivity index (χ2v) is 31.4. The van der Waals surface area contributed by atoms with Crippen molar-refractivity contribution in [2.24, 2.45) is 28.2 Å². The van der Waals surface area contributed by atoms with Crippen LogP contribution in [0, 0.1) is 34.6 Å². The van der Waals surface area contributed by atoms with Crippen LogP contribution in [0.2, 0.25) is 0 Å². The van der Waals surface area contributed by atoms with Crippen LogP contribution < -0.4 is 18.3 Å². The SMILES string of the molecule is CCc1cc[n+](C)c(-c2c(C)ccc3c2oc2cc4ccccc4cc23)c1.Cc1cc[n+](C)c(-c2c(C)ccc3c2oc2cc4ccccc4cc23)c1.Cc1ccc2c(oc3cc4ccccc4cc32)c1-c1cc(C(C)C)cc[n+]1C.Cc1ccc2c(oc3cc4ccccc4cc32)c1-c1cc(C2CCCC2)cc[n+]1C. The number of nitrogens with zero attached hydrogens (tertiary/aromatic N) is 4. The lowest BCUT2D eigenvalue weighted by atomic mass is 9.94. The van der Waals surface area contributed by atoms with Crippen molar-refractivity contribution in [2.75, 3.05) is 0 Å². The Labute approximate surface area is 647 Å². The van der Waals surface area contributed by atoms with Crippen LogP contribution in [0.5, 0.6) is 0 Å². The summed E-state index contributed by atoms with van der Waals surface area (Å²) in [5.74, 6) is 1.19. The Morgan fingerprint density at radius 3 is 0.973 bits per heavy atom. The number of aryl methyl sites for hydroxylation is 10. The van der Waals surface area contributed by atoms with Crippen LogP contribution in [0.25, 0.3) is 176 Å². The normalized spacial score (nSPS) is 12.6. The lowest BCUT2D eigenvalue weighted by Gasteiger charge is -2.11. The maximum absolute atomic E-state index is 6.53. The largest absolute Gasteiger partial charge is 0.455 e.